The molecule has 1 unspecified atom stereocenters. The highest BCUT2D eigenvalue weighted by molar-refractivity contribution is 5.39. The first-order chi connectivity index (χ1) is 9.86. The molecule has 0 amide bonds. The van der Waals surface area contributed by atoms with E-state index in [1.807, 2.05) is 0 Å². The Morgan fingerprint density at radius 2 is 2.15 bits per heavy atom. The van der Waals surface area contributed by atoms with E-state index in [1.54, 1.807) is 0 Å². The Hall–Kier alpha value is -1.06. The van der Waals surface area contributed by atoms with Crippen molar-refractivity contribution in [3.8, 4) is 5.75 Å². The fourth-order valence-corrected chi connectivity index (χ4v) is 2.93. The molecule has 0 saturated heterocycles. The van der Waals surface area contributed by atoms with Crippen LogP contribution in [0.1, 0.15) is 49.8 Å². The summed E-state index contributed by atoms with van der Waals surface area (Å²) < 4.78 is 11.3. The highest BCUT2D eigenvalue weighted by Crippen LogP contribution is 2.32. The first kappa shape index (κ1) is 13.9. The molecule has 3 rings (SSSR count). The second kappa shape index (κ2) is 6.59. The molecule has 1 atom stereocenters. The summed E-state index contributed by atoms with van der Waals surface area (Å²) in [7, 11) is 0. The first-order valence-corrected chi connectivity index (χ1v) is 7.93. The largest absolute Gasteiger partial charge is 0.468 e. The Kier molecular flexibility index (Phi) is 4.58. The highest BCUT2D eigenvalue weighted by Gasteiger charge is 2.21. The van der Waals surface area contributed by atoms with Gasteiger partial charge >= 0.3 is 0 Å². The maximum Gasteiger partial charge on any atom is 0.189 e. The molecule has 0 aromatic heterocycles. The summed E-state index contributed by atoms with van der Waals surface area (Å²) in [6.07, 6.45) is 6.33. The third-order valence-electron chi connectivity index (χ3n) is 4.24. The first-order valence-electron chi connectivity index (χ1n) is 7.93. The molecule has 3 heteroatoms. The number of nitrogens with one attached hydrogen (secondary N) is 1. The quantitative estimate of drug-likeness (QED) is 0.611. The lowest BCUT2D eigenvalue weighted by Crippen LogP contribution is -2.24. The minimum Gasteiger partial charge on any atom is -0.468 e. The molecule has 1 aromatic carbocycles. The topological polar surface area (TPSA) is 30.5 Å². The zero-order chi connectivity index (χ0) is 13.8. The molecule has 2 aliphatic rings. The molecule has 0 aliphatic heterocycles. The van der Waals surface area contributed by atoms with Gasteiger partial charge in [-0.15, -0.1) is 0 Å². The monoisotopic (exact) mass is 275 g/mol. The van der Waals surface area contributed by atoms with E-state index in [9.17, 15) is 0 Å². The van der Waals surface area contributed by atoms with Crippen molar-refractivity contribution < 1.29 is 9.47 Å². The SMILES string of the molecule is CCNC1CCCc2ccc(OCOCC3CC3)cc21. The fraction of sp³-hybridized carbons (Fsp3) is 0.647. The fourth-order valence-electron chi connectivity index (χ4n) is 2.93. The molecule has 0 heterocycles. The van der Waals surface area contributed by atoms with Crippen molar-refractivity contribution in [3.05, 3.63) is 29.3 Å². The summed E-state index contributed by atoms with van der Waals surface area (Å²) in [6, 6.07) is 6.98. The average Bonchev–Trinajstić information content (AvgIpc) is 3.29. The van der Waals surface area contributed by atoms with Crippen molar-refractivity contribution in [3.63, 3.8) is 0 Å². The Morgan fingerprint density at radius 3 is 2.95 bits per heavy atom. The summed E-state index contributed by atoms with van der Waals surface area (Å²) in [6.45, 7) is 4.41. The van der Waals surface area contributed by atoms with Crippen LogP contribution in [0.15, 0.2) is 18.2 Å². The van der Waals surface area contributed by atoms with Crippen LogP contribution in [0, 0.1) is 5.92 Å². The predicted molar refractivity (Wildman–Crippen MR) is 80.0 cm³/mol. The van der Waals surface area contributed by atoms with Crippen LogP contribution < -0.4 is 10.1 Å². The lowest BCUT2D eigenvalue weighted by atomic mass is 9.87. The van der Waals surface area contributed by atoms with Gasteiger partial charge in [-0.3, -0.25) is 0 Å². The van der Waals surface area contributed by atoms with E-state index in [1.165, 1.54) is 43.2 Å². The van der Waals surface area contributed by atoms with Gasteiger partial charge in [0.1, 0.15) is 5.75 Å². The molecule has 1 fully saturated rings. The van der Waals surface area contributed by atoms with E-state index in [-0.39, 0.29) is 0 Å². The molecule has 110 valence electrons. The summed E-state index contributed by atoms with van der Waals surface area (Å²) in [5, 5.41) is 3.57. The van der Waals surface area contributed by atoms with Gasteiger partial charge in [0.15, 0.2) is 6.79 Å². The van der Waals surface area contributed by atoms with Crippen LogP contribution in [0.4, 0.5) is 0 Å². The Labute approximate surface area is 121 Å². The van der Waals surface area contributed by atoms with Crippen molar-refractivity contribution in [1.82, 2.24) is 5.32 Å². The number of hydrogen-bond acceptors (Lipinski definition) is 3. The molecular formula is C17H25NO2. The average molecular weight is 275 g/mol. The van der Waals surface area contributed by atoms with Crippen LogP contribution in [0.5, 0.6) is 5.75 Å². The smallest absolute Gasteiger partial charge is 0.189 e. The van der Waals surface area contributed by atoms with Crippen molar-refractivity contribution in [1.29, 1.82) is 0 Å². The minimum atomic E-state index is 0.376. The van der Waals surface area contributed by atoms with Gasteiger partial charge < -0.3 is 14.8 Å². The number of ether oxygens (including phenoxy) is 2. The Morgan fingerprint density at radius 1 is 1.25 bits per heavy atom. The standard InChI is InChI=1S/C17H25NO2/c1-2-18-17-5-3-4-14-8-9-15(10-16(14)17)20-12-19-11-13-6-7-13/h8-10,13,17-18H,2-7,11-12H2,1H3. The van der Waals surface area contributed by atoms with E-state index < -0.39 is 0 Å². The van der Waals surface area contributed by atoms with Crippen LogP contribution >= 0.6 is 0 Å². The minimum absolute atomic E-state index is 0.376. The summed E-state index contributed by atoms with van der Waals surface area (Å²) in [4.78, 5) is 0. The predicted octanol–water partition coefficient (Wildman–Crippen LogP) is 3.44. The summed E-state index contributed by atoms with van der Waals surface area (Å²) in [5.74, 6) is 1.73. The van der Waals surface area contributed by atoms with Crippen LogP contribution in [-0.4, -0.2) is 19.9 Å². The molecule has 0 bridgehead atoms. The van der Waals surface area contributed by atoms with E-state index >= 15 is 0 Å². The van der Waals surface area contributed by atoms with Gasteiger partial charge in [0.25, 0.3) is 0 Å². The zero-order valence-corrected chi connectivity index (χ0v) is 12.4. The summed E-state index contributed by atoms with van der Waals surface area (Å²) >= 11 is 0. The molecular weight excluding hydrogens is 250 g/mol. The third-order valence-corrected chi connectivity index (χ3v) is 4.24. The van der Waals surface area contributed by atoms with Crippen LogP contribution in [-0.2, 0) is 11.2 Å². The molecule has 1 saturated carbocycles. The van der Waals surface area contributed by atoms with Crippen molar-refractivity contribution in [2.24, 2.45) is 5.92 Å². The Bertz CT molecular complexity index is 443. The van der Waals surface area contributed by atoms with Gasteiger partial charge in [0.2, 0.25) is 0 Å². The van der Waals surface area contributed by atoms with Crippen LogP contribution in [0.25, 0.3) is 0 Å². The number of benzene rings is 1. The highest BCUT2D eigenvalue weighted by atomic mass is 16.7. The molecule has 1 N–H and O–H groups in total. The Balaban J connectivity index is 1.59. The lowest BCUT2D eigenvalue weighted by Gasteiger charge is -2.26. The van der Waals surface area contributed by atoms with Gasteiger partial charge in [-0.2, -0.15) is 0 Å². The maximum absolute atomic E-state index is 5.73. The van der Waals surface area contributed by atoms with Crippen molar-refractivity contribution in [2.75, 3.05) is 19.9 Å². The molecule has 1 aromatic rings. The zero-order valence-electron chi connectivity index (χ0n) is 12.4. The molecule has 0 spiro atoms. The lowest BCUT2D eigenvalue weighted by molar-refractivity contribution is 0.00990. The molecule has 3 nitrogen and oxygen atoms in total. The van der Waals surface area contributed by atoms with Gasteiger partial charge in [-0.05, 0) is 67.8 Å². The van der Waals surface area contributed by atoms with Gasteiger partial charge in [-0.25, -0.2) is 0 Å². The number of hydrogen-bond donors (Lipinski definition) is 1. The van der Waals surface area contributed by atoms with Crippen LogP contribution in [0.3, 0.4) is 0 Å². The van der Waals surface area contributed by atoms with Crippen molar-refractivity contribution >= 4 is 0 Å². The molecule has 0 radical (unpaired) electrons. The molecule has 20 heavy (non-hydrogen) atoms. The van der Waals surface area contributed by atoms with E-state index in [4.69, 9.17) is 9.47 Å². The number of rotatable bonds is 7. The molecule has 2 aliphatic carbocycles. The third kappa shape index (κ3) is 3.53. The van der Waals surface area contributed by atoms with Gasteiger partial charge in [0, 0.05) is 6.04 Å². The van der Waals surface area contributed by atoms with E-state index in [0.717, 1.165) is 24.8 Å². The van der Waals surface area contributed by atoms with Crippen LogP contribution in [0.2, 0.25) is 0 Å². The second-order valence-electron chi connectivity index (χ2n) is 5.94. The van der Waals surface area contributed by atoms with Gasteiger partial charge in [-0.1, -0.05) is 13.0 Å². The summed E-state index contributed by atoms with van der Waals surface area (Å²) in [5.41, 5.74) is 2.88. The number of fused-ring (bicyclic) bond motifs is 1. The number of aryl methyl sites for hydroxylation is 1. The normalized spacial score (nSPS) is 21.6. The maximum atomic E-state index is 5.73. The van der Waals surface area contributed by atoms with Gasteiger partial charge in [0.05, 0.1) is 6.61 Å². The second-order valence-corrected chi connectivity index (χ2v) is 5.94. The van der Waals surface area contributed by atoms with E-state index in [0.29, 0.717) is 12.8 Å². The van der Waals surface area contributed by atoms with E-state index in [2.05, 4.69) is 30.4 Å². The van der Waals surface area contributed by atoms with Crippen molar-refractivity contribution in [2.45, 2.75) is 45.1 Å².